The van der Waals surface area contributed by atoms with E-state index in [0.29, 0.717) is 9.70 Å². The second-order valence-corrected chi connectivity index (χ2v) is 7.76. The average Bonchev–Trinajstić information content (AvgIpc) is 3.06. The van der Waals surface area contributed by atoms with Crippen molar-refractivity contribution in [3.63, 3.8) is 0 Å². The standard InChI is InChI=1S/C19H11Cl3F4N4O4/c20-8-1-2-13(12(21)3-8)34-11-5-9(4-10(6-11)30(32)33)27-14(31)7-29-17(19(25)26)15(22)16(28-29)18(23)24/h1-6,18-19H,7H2,(H,27,31). The number of benzene rings is 2. The molecule has 0 radical (unpaired) electrons. The molecule has 0 saturated heterocycles. The first-order valence-electron chi connectivity index (χ1n) is 9.01. The Morgan fingerprint density at radius 2 is 1.82 bits per heavy atom. The van der Waals surface area contributed by atoms with Gasteiger partial charge in [0.2, 0.25) is 5.91 Å². The van der Waals surface area contributed by atoms with Gasteiger partial charge in [-0.3, -0.25) is 19.6 Å². The summed E-state index contributed by atoms with van der Waals surface area (Å²) in [4.78, 5) is 22.9. The Morgan fingerprint density at radius 3 is 2.41 bits per heavy atom. The molecule has 15 heteroatoms. The van der Waals surface area contributed by atoms with E-state index in [0.717, 1.165) is 12.1 Å². The lowest BCUT2D eigenvalue weighted by Crippen LogP contribution is -2.21. The van der Waals surface area contributed by atoms with Crippen LogP contribution >= 0.6 is 34.8 Å². The van der Waals surface area contributed by atoms with Gasteiger partial charge in [0.15, 0.2) is 0 Å². The van der Waals surface area contributed by atoms with Gasteiger partial charge in [0.1, 0.15) is 29.4 Å². The number of carbonyl (C=O) groups is 1. The molecule has 3 rings (SSSR count). The van der Waals surface area contributed by atoms with Crippen LogP contribution in [0.15, 0.2) is 36.4 Å². The number of anilines is 1. The predicted octanol–water partition coefficient (Wildman–Crippen LogP) is 7.06. The first kappa shape index (κ1) is 25.5. The smallest absolute Gasteiger partial charge is 0.283 e. The zero-order chi connectivity index (χ0) is 25.2. The molecule has 1 amide bonds. The second-order valence-electron chi connectivity index (χ2n) is 6.54. The molecule has 0 atom stereocenters. The summed E-state index contributed by atoms with van der Waals surface area (Å²) in [7, 11) is 0. The number of alkyl halides is 4. The molecule has 0 saturated carbocycles. The highest BCUT2D eigenvalue weighted by atomic mass is 35.5. The minimum Gasteiger partial charge on any atom is -0.455 e. The lowest BCUT2D eigenvalue weighted by molar-refractivity contribution is -0.384. The van der Waals surface area contributed by atoms with E-state index in [1.807, 2.05) is 0 Å². The van der Waals surface area contributed by atoms with Crippen molar-refractivity contribution in [2.45, 2.75) is 19.4 Å². The normalized spacial score (nSPS) is 11.2. The minimum absolute atomic E-state index is 0.0934. The summed E-state index contributed by atoms with van der Waals surface area (Å²) in [6.07, 6.45) is -6.53. The van der Waals surface area contributed by atoms with Crippen molar-refractivity contribution in [2.24, 2.45) is 0 Å². The largest absolute Gasteiger partial charge is 0.455 e. The van der Waals surface area contributed by atoms with Gasteiger partial charge in [-0.25, -0.2) is 17.6 Å². The molecule has 1 heterocycles. The maximum absolute atomic E-state index is 13.3. The Bertz CT molecular complexity index is 1260. The lowest BCUT2D eigenvalue weighted by Gasteiger charge is -2.11. The van der Waals surface area contributed by atoms with Crippen LogP contribution in [-0.4, -0.2) is 20.6 Å². The lowest BCUT2D eigenvalue weighted by atomic mass is 10.2. The molecule has 180 valence electrons. The number of hydrogen-bond acceptors (Lipinski definition) is 5. The molecule has 1 aromatic heterocycles. The highest BCUT2D eigenvalue weighted by Gasteiger charge is 2.28. The Balaban J connectivity index is 1.87. The molecule has 0 unspecified atom stereocenters. The summed E-state index contributed by atoms with van der Waals surface area (Å²) in [5, 5.41) is 16.3. The van der Waals surface area contributed by atoms with Crippen LogP contribution in [0.3, 0.4) is 0 Å². The fourth-order valence-electron chi connectivity index (χ4n) is 2.78. The SMILES string of the molecule is O=C(Cn1nc(C(F)F)c(Cl)c1C(F)F)Nc1cc(Oc2ccc(Cl)cc2Cl)cc([N+](=O)[O-])c1. The van der Waals surface area contributed by atoms with E-state index in [4.69, 9.17) is 39.5 Å². The van der Waals surface area contributed by atoms with E-state index in [2.05, 4.69) is 10.4 Å². The van der Waals surface area contributed by atoms with Gasteiger partial charge in [0, 0.05) is 17.2 Å². The van der Waals surface area contributed by atoms with E-state index >= 15 is 0 Å². The first-order valence-corrected chi connectivity index (χ1v) is 10.1. The van der Waals surface area contributed by atoms with Crippen molar-refractivity contribution in [1.29, 1.82) is 0 Å². The summed E-state index contributed by atoms with van der Waals surface area (Å²) in [5.74, 6) is -0.988. The number of ether oxygens (including phenoxy) is 1. The fourth-order valence-corrected chi connectivity index (χ4v) is 3.53. The van der Waals surface area contributed by atoms with E-state index in [9.17, 15) is 32.5 Å². The van der Waals surface area contributed by atoms with Crippen molar-refractivity contribution in [3.8, 4) is 11.5 Å². The number of hydrogen-bond donors (Lipinski definition) is 1. The molecule has 0 aliphatic rings. The number of nitro benzene ring substituents is 1. The van der Waals surface area contributed by atoms with Crippen molar-refractivity contribution in [3.05, 3.63) is 73.0 Å². The fraction of sp³-hybridized carbons (Fsp3) is 0.158. The van der Waals surface area contributed by atoms with Crippen LogP contribution < -0.4 is 10.1 Å². The quantitative estimate of drug-likeness (QED) is 0.187. The van der Waals surface area contributed by atoms with Crippen LogP contribution in [0.4, 0.5) is 28.9 Å². The number of aromatic nitrogens is 2. The zero-order valence-electron chi connectivity index (χ0n) is 16.4. The molecule has 2 aromatic carbocycles. The number of nitrogens with zero attached hydrogens (tertiary/aromatic N) is 3. The van der Waals surface area contributed by atoms with Crippen LogP contribution in [0.1, 0.15) is 24.2 Å². The van der Waals surface area contributed by atoms with Crippen molar-refractivity contribution in [1.82, 2.24) is 9.78 Å². The van der Waals surface area contributed by atoms with Gasteiger partial charge in [0.25, 0.3) is 18.5 Å². The van der Waals surface area contributed by atoms with Gasteiger partial charge in [-0.05, 0) is 18.2 Å². The molecule has 0 fully saturated rings. The van der Waals surface area contributed by atoms with E-state index < -0.39 is 52.3 Å². The molecule has 8 nitrogen and oxygen atoms in total. The molecule has 0 aliphatic carbocycles. The van der Waals surface area contributed by atoms with Gasteiger partial charge >= 0.3 is 0 Å². The highest BCUT2D eigenvalue weighted by molar-refractivity contribution is 6.35. The number of carbonyl (C=O) groups excluding carboxylic acids is 1. The Kier molecular flexibility index (Phi) is 7.85. The molecule has 1 N–H and O–H groups in total. The number of amides is 1. The van der Waals surface area contributed by atoms with Crippen molar-refractivity contribution >= 4 is 52.1 Å². The third-order valence-electron chi connectivity index (χ3n) is 4.17. The molecule has 0 bridgehead atoms. The molecule has 0 spiro atoms. The monoisotopic (exact) mass is 540 g/mol. The van der Waals surface area contributed by atoms with Gasteiger partial charge in [0.05, 0.1) is 26.7 Å². The molecule has 0 aliphatic heterocycles. The molecular weight excluding hydrogens is 531 g/mol. The van der Waals surface area contributed by atoms with Crippen molar-refractivity contribution < 1.29 is 32.0 Å². The summed E-state index contributed by atoms with van der Waals surface area (Å²) < 4.78 is 58.3. The third kappa shape index (κ3) is 5.88. The topological polar surface area (TPSA) is 99.3 Å². The highest BCUT2D eigenvalue weighted by Crippen LogP contribution is 2.36. The number of non-ortho nitro benzene ring substituents is 1. The van der Waals surface area contributed by atoms with Crippen LogP contribution in [0.2, 0.25) is 15.1 Å². The van der Waals surface area contributed by atoms with E-state index in [-0.39, 0.29) is 22.2 Å². The number of rotatable bonds is 8. The zero-order valence-corrected chi connectivity index (χ0v) is 18.7. The van der Waals surface area contributed by atoms with Crippen LogP contribution in [0, 0.1) is 10.1 Å². The Hall–Kier alpha value is -3.09. The second kappa shape index (κ2) is 10.5. The van der Waals surface area contributed by atoms with Crippen LogP contribution in [0.25, 0.3) is 0 Å². The van der Waals surface area contributed by atoms with Crippen LogP contribution in [0.5, 0.6) is 11.5 Å². The summed E-state index contributed by atoms with van der Waals surface area (Å²) in [6, 6.07) is 7.48. The van der Waals surface area contributed by atoms with E-state index in [1.54, 1.807) is 0 Å². The molecular formula is C19H11Cl3F4N4O4. The number of nitro groups is 1. The van der Waals surface area contributed by atoms with Crippen molar-refractivity contribution in [2.75, 3.05) is 5.32 Å². The third-order valence-corrected chi connectivity index (χ3v) is 5.09. The molecule has 3 aromatic rings. The predicted molar refractivity (Wildman–Crippen MR) is 115 cm³/mol. The van der Waals surface area contributed by atoms with Gasteiger partial charge in [-0.2, -0.15) is 5.10 Å². The maximum atomic E-state index is 13.3. The minimum atomic E-state index is -3.29. The Morgan fingerprint density at radius 1 is 1.12 bits per heavy atom. The first-order chi connectivity index (χ1) is 16.0. The van der Waals surface area contributed by atoms with E-state index in [1.165, 1.54) is 24.3 Å². The maximum Gasteiger partial charge on any atom is 0.283 e. The van der Waals surface area contributed by atoms with Gasteiger partial charge < -0.3 is 10.1 Å². The van der Waals surface area contributed by atoms with Crippen LogP contribution in [-0.2, 0) is 11.3 Å². The number of halogens is 7. The van der Waals surface area contributed by atoms with Gasteiger partial charge in [-0.1, -0.05) is 34.8 Å². The number of nitrogens with one attached hydrogen (secondary N) is 1. The van der Waals surface area contributed by atoms with Gasteiger partial charge in [-0.15, -0.1) is 0 Å². The summed E-state index contributed by atoms with van der Waals surface area (Å²) in [6.45, 7) is -0.923. The average molecular weight is 542 g/mol. The Labute approximate surface area is 203 Å². The summed E-state index contributed by atoms with van der Waals surface area (Å²) >= 11 is 17.4. The summed E-state index contributed by atoms with van der Waals surface area (Å²) in [5.41, 5.74) is -2.79. The molecule has 34 heavy (non-hydrogen) atoms.